The third kappa shape index (κ3) is 4.67. The van der Waals surface area contributed by atoms with Crippen molar-refractivity contribution >= 4 is 12.8 Å². The second-order valence-corrected chi connectivity index (χ2v) is 2.95. The van der Waals surface area contributed by atoms with E-state index in [0.717, 1.165) is 25.9 Å². The number of hydrogen-bond donors (Lipinski definition) is 1. The Balaban J connectivity index is 0.000000461. The van der Waals surface area contributed by atoms with Gasteiger partial charge in [0.1, 0.15) is 0 Å². The summed E-state index contributed by atoms with van der Waals surface area (Å²) >= 11 is 4.22. The van der Waals surface area contributed by atoms with Gasteiger partial charge in [-0.25, -0.2) is 0 Å². The van der Waals surface area contributed by atoms with Crippen LogP contribution in [0.2, 0.25) is 0 Å². The molecule has 0 aromatic carbocycles. The maximum Gasteiger partial charge on any atom is 0.0596 e. The third-order valence-corrected chi connectivity index (χ3v) is 2.15. The van der Waals surface area contributed by atoms with Crippen molar-refractivity contribution in [3.8, 4) is 0 Å². The van der Waals surface area contributed by atoms with Crippen molar-refractivity contribution in [2.24, 2.45) is 0 Å². The van der Waals surface area contributed by atoms with Crippen molar-refractivity contribution in [3.05, 3.63) is 0 Å². The van der Waals surface area contributed by atoms with E-state index in [4.69, 9.17) is 4.74 Å². The SMILES string of the molecule is CC.COC1CCN(S)CC1. The van der Waals surface area contributed by atoms with Crippen LogP contribution >= 0.6 is 12.8 Å². The van der Waals surface area contributed by atoms with Crippen LogP contribution in [0.4, 0.5) is 0 Å². The van der Waals surface area contributed by atoms with E-state index in [9.17, 15) is 0 Å². The molecule has 0 radical (unpaired) electrons. The van der Waals surface area contributed by atoms with Gasteiger partial charge in [-0.15, -0.1) is 0 Å². The number of ether oxygens (including phenoxy) is 1. The van der Waals surface area contributed by atoms with E-state index < -0.39 is 0 Å². The summed E-state index contributed by atoms with van der Waals surface area (Å²) in [4.78, 5) is 0. The zero-order valence-corrected chi connectivity index (χ0v) is 8.60. The molecule has 2 nitrogen and oxygen atoms in total. The van der Waals surface area contributed by atoms with Crippen LogP contribution in [0.1, 0.15) is 26.7 Å². The molecule has 0 spiro atoms. The molecule has 68 valence electrons. The predicted octanol–water partition coefficient (Wildman–Crippen LogP) is 1.97. The van der Waals surface area contributed by atoms with Crippen LogP contribution in [0, 0.1) is 0 Å². The van der Waals surface area contributed by atoms with Gasteiger partial charge in [0.2, 0.25) is 0 Å². The fourth-order valence-corrected chi connectivity index (χ4v) is 1.31. The van der Waals surface area contributed by atoms with Gasteiger partial charge in [-0.1, -0.05) is 26.7 Å². The molecule has 11 heavy (non-hydrogen) atoms. The monoisotopic (exact) mass is 177 g/mol. The number of thiol groups is 1. The van der Waals surface area contributed by atoms with Crippen molar-refractivity contribution in [2.45, 2.75) is 32.8 Å². The van der Waals surface area contributed by atoms with Crippen LogP contribution in [-0.4, -0.2) is 30.6 Å². The Kier molecular flexibility index (Phi) is 7.12. The quantitative estimate of drug-likeness (QED) is 0.615. The normalized spacial score (nSPS) is 20.7. The molecule has 0 aromatic heterocycles. The van der Waals surface area contributed by atoms with Crippen LogP contribution in [0.25, 0.3) is 0 Å². The molecular formula is C8H19NOS. The summed E-state index contributed by atoms with van der Waals surface area (Å²) in [6, 6.07) is 0. The van der Waals surface area contributed by atoms with Gasteiger partial charge >= 0.3 is 0 Å². The zero-order valence-electron chi connectivity index (χ0n) is 7.71. The minimum absolute atomic E-state index is 0.480. The van der Waals surface area contributed by atoms with E-state index in [1.54, 1.807) is 7.11 Å². The fourth-order valence-electron chi connectivity index (χ4n) is 1.08. The van der Waals surface area contributed by atoms with Crippen molar-refractivity contribution < 1.29 is 4.74 Å². The molecule has 0 saturated carbocycles. The Morgan fingerprint density at radius 3 is 2.09 bits per heavy atom. The Labute approximate surface area is 75.5 Å². The highest BCUT2D eigenvalue weighted by atomic mass is 32.1. The highest BCUT2D eigenvalue weighted by Crippen LogP contribution is 2.13. The average molecular weight is 177 g/mol. The second kappa shape index (κ2) is 6.95. The summed E-state index contributed by atoms with van der Waals surface area (Å²) in [7, 11) is 1.78. The maximum absolute atomic E-state index is 5.18. The zero-order chi connectivity index (χ0) is 8.69. The molecule has 0 unspecified atom stereocenters. The van der Waals surface area contributed by atoms with E-state index in [1.165, 1.54) is 0 Å². The minimum Gasteiger partial charge on any atom is -0.381 e. The molecule has 1 aliphatic heterocycles. The largest absolute Gasteiger partial charge is 0.381 e. The molecule has 3 heteroatoms. The lowest BCUT2D eigenvalue weighted by Crippen LogP contribution is -2.30. The van der Waals surface area contributed by atoms with E-state index in [2.05, 4.69) is 12.8 Å². The molecule has 0 aromatic rings. The number of rotatable bonds is 1. The van der Waals surface area contributed by atoms with Crippen LogP contribution in [-0.2, 0) is 4.74 Å². The van der Waals surface area contributed by atoms with Gasteiger partial charge in [0.25, 0.3) is 0 Å². The van der Waals surface area contributed by atoms with E-state index in [-0.39, 0.29) is 0 Å². The molecule has 1 saturated heterocycles. The Morgan fingerprint density at radius 2 is 1.73 bits per heavy atom. The smallest absolute Gasteiger partial charge is 0.0596 e. The summed E-state index contributed by atoms with van der Waals surface area (Å²) in [6.07, 6.45) is 2.73. The highest BCUT2D eigenvalue weighted by molar-refractivity contribution is 7.77. The minimum atomic E-state index is 0.480. The molecular weight excluding hydrogens is 158 g/mol. The molecule has 1 aliphatic rings. The van der Waals surface area contributed by atoms with E-state index >= 15 is 0 Å². The summed E-state index contributed by atoms with van der Waals surface area (Å²) in [5, 5.41) is 0. The lowest BCUT2D eigenvalue weighted by Gasteiger charge is -2.26. The summed E-state index contributed by atoms with van der Waals surface area (Å²) in [5.74, 6) is 0. The molecule has 1 heterocycles. The molecule has 0 N–H and O–H groups in total. The predicted molar refractivity (Wildman–Crippen MR) is 51.9 cm³/mol. The molecule has 0 atom stereocenters. The number of nitrogens with zero attached hydrogens (tertiary/aromatic N) is 1. The van der Waals surface area contributed by atoms with Crippen molar-refractivity contribution in [1.29, 1.82) is 0 Å². The molecule has 0 amide bonds. The number of hydrogen-bond acceptors (Lipinski definition) is 3. The first-order chi connectivity index (χ1) is 5.33. The van der Waals surface area contributed by atoms with Gasteiger partial charge in [-0.3, -0.25) is 4.31 Å². The fraction of sp³-hybridized carbons (Fsp3) is 1.00. The second-order valence-electron chi connectivity index (χ2n) is 2.39. The molecule has 1 fully saturated rings. The van der Waals surface area contributed by atoms with Gasteiger partial charge in [0.05, 0.1) is 6.10 Å². The van der Waals surface area contributed by atoms with Crippen LogP contribution in [0.3, 0.4) is 0 Å². The number of methoxy groups -OCH3 is 1. The van der Waals surface area contributed by atoms with E-state index in [0.29, 0.717) is 6.10 Å². The van der Waals surface area contributed by atoms with Crippen LogP contribution in [0.15, 0.2) is 0 Å². The average Bonchev–Trinajstić information content (AvgIpc) is 2.10. The van der Waals surface area contributed by atoms with Gasteiger partial charge in [-0.05, 0) is 12.8 Å². The Bertz CT molecular complexity index is 82.2. The van der Waals surface area contributed by atoms with Crippen molar-refractivity contribution in [3.63, 3.8) is 0 Å². The van der Waals surface area contributed by atoms with Gasteiger partial charge < -0.3 is 4.74 Å². The lowest BCUT2D eigenvalue weighted by molar-refractivity contribution is 0.0628. The summed E-state index contributed by atoms with van der Waals surface area (Å²) < 4.78 is 7.22. The Morgan fingerprint density at radius 1 is 1.27 bits per heavy atom. The molecule has 1 rings (SSSR count). The van der Waals surface area contributed by atoms with Gasteiger partial charge in [-0.2, -0.15) is 0 Å². The van der Waals surface area contributed by atoms with Crippen molar-refractivity contribution in [1.82, 2.24) is 4.31 Å². The van der Waals surface area contributed by atoms with Gasteiger partial charge in [0, 0.05) is 20.2 Å². The summed E-state index contributed by atoms with van der Waals surface area (Å²) in [6.45, 7) is 6.11. The maximum atomic E-state index is 5.18. The van der Waals surface area contributed by atoms with Crippen molar-refractivity contribution in [2.75, 3.05) is 20.2 Å². The summed E-state index contributed by atoms with van der Waals surface area (Å²) in [5.41, 5.74) is 0. The lowest BCUT2D eigenvalue weighted by atomic mass is 10.1. The van der Waals surface area contributed by atoms with Crippen LogP contribution < -0.4 is 0 Å². The standard InChI is InChI=1S/C6H13NOS.C2H6/c1-8-6-2-4-7(9)5-3-6;1-2/h6,9H,2-5H2,1H3;1-2H3. The first kappa shape index (κ1) is 11.3. The first-order valence-electron chi connectivity index (χ1n) is 4.29. The highest BCUT2D eigenvalue weighted by Gasteiger charge is 2.15. The first-order valence-corrected chi connectivity index (χ1v) is 4.69. The van der Waals surface area contributed by atoms with Gasteiger partial charge in [0.15, 0.2) is 0 Å². The molecule has 0 aliphatic carbocycles. The number of piperidine rings is 1. The topological polar surface area (TPSA) is 12.5 Å². The van der Waals surface area contributed by atoms with E-state index in [1.807, 2.05) is 18.2 Å². The Hall–Kier alpha value is 0.270. The van der Waals surface area contributed by atoms with Crippen LogP contribution in [0.5, 0.6) is 0 Å². The molecule has 0 bridgehead atoms. The third-order valence-electron chi connectivity index (χ3n) is 1.75.